The summed E-state index contributed by atoms with van der Waals surface area (Å²) >= 11 is 3.48. The van der Waals surface area contributed by atoms with Crippen LogP contribution in [0.15, 0.2) is 53.1 Å². The highest BCUT2D eigenvalue weighted by Crippen LogP contribution is 2.29. The summed E-state index contributed by atoms with van der Waals surface area (Å²) in [5, 5.41) is 2.76. The molecular formula is C25H25BrN2O3. The van der Waals surface area contributed by atoms with Crippen molar-refractivity contribution in [1.82, 2.24) is 10.2 Å². The minimum Gasteiger partial charge on any atom is -0.329 e. The Morgan fingerprint density at radius 1 is 1.19 bits per heavy atom. The first-order valence-electron chi connectivity index (χ1n) is 10.5. The van der Waals surface area contributed by atoms with E-state index in [4.69, 9.17) is 0 Å². The van der Waals surface area contributed by atoms with Crippen molar-refractivity contribution in [1.29, 1.82) is 0 Å². The maximum absolute atomic E-state index is 12.8. The minimum atomic E-state index is -0.454. The van der Waals surface area contributed by atoms with E-state index in [0.717, 1.165) is 26.7 Å². The fourth-order valence-electron chi connectivity index (χ4n) is 4.28. The number of allylic oxidation sites excluding steroid dienone is 1. The van der Waals surface area contributed by atoms with Gasteiger partial charge in [-0.1, -0.05) is 46.8 Å². The van der Waals surface area contributed by atoms with E-state index in [9.17, 15) is 14.4 Å². The Balaban J connectivity index is 1.38. The van der Waals surface area contributed by atoms with Gasteiger partial charge in [-0.15, -0.1) is 0 Å². The van der Waals surface area contributed by atoms with Crippen molar-refractivity contribution in [3.05, 3.63) is 81.0 Å². The molecule has 1 N–H and O–H groups in total. The van der Waals surface area contributed by atoms with Crippen LogP contribution in [0.5, 0.6) is 0 Å². The summed E-state index contributed by atoms with van der Waals surface area (Å²) in [7, 11) is 0. The fourth-order valence-corrected chi connectivity index (χ4v) is 4.53. The van der Waals surface area contributed by atoms with Gasteiger partial charge in [0.15, 0.2) is 0 Å². The van der Waals surface area contributed by atoms with Gasteiger partial charge in [0.1, 0.15) is 11.8 Å². The number of fused-ring (bicyclic) bond motifs is 1. The van der Waals surface area contributed by atoms with Gasteiger partial charge in [0.25, 0.3) is 5.91 Å². The highest BCUT2D eigenvalue weighted by Gasteiger charge is 2.38. The summed E-state index contributed by atoms with van der Waals surface area (Å²) in [5.74, 6) is -0.0682. The number of rotatable bonds is 6. The van der Waals surface area contributed by atoms with Gasteiger partial charge in [0.2, 0.25) is 5.91 Å². The molecule has 1 fully saturated rings. The number of hydrogen-bond acceptors (Lipinski definition) is 3. The van der Waals surface area contributed by atoms with E-state index >= 15 is 0 Å². The number of benzene rings is 2. The number of nitrogens with zero attached hydrogens (tertiary/aromatic N) is 1. The summed E-state index contributed by atoms with van der Waals surface area (Å²) < 4.78 is 1.04. The molecule has 0 spiro atoms. The first-order valence-corrected chi connectivity index (χ1v) is 11.3. The van der Waals surface area contributed by atoms with Crippen molar-refractivity contribution in [3.8, 4) is 0 Å². The zero-order valence-electron chi connectivity index (χ0n) is 17.5. The number of carbonyl (C=O) groups excluding carboxylic acids is 3. The topological polar surface area (TPSA) is 66.5 Å². The van der Waals surface area contributed by atoms with Gasteiger partial charge < -0.3 is 10.2 Å². The lowest BCUT2D eigenvalue weighted by Gasteiger charge is -2.30. The number of nitrogens with one attached hydrogen (secondary N) is 1. The summed E-state index contributed by atoms with van der Waals surface area (Å²) in [6.07, 6.45) is 2.80. The van der Waals surface area contributed by atoms with E-state index in [0.29, 0.717) is 49.9 Å². The predicted octanol–water partition coefficient (Wildman–Crippen LogP) is 4.25. The van der Waals surface area contributed by atoms with Gasteiger partial charge in [0.05, 0.1) is 0 Å². The molecule has 2 aliphatic heterocycles. The smallest absolute Gasteiger partial charge is 0.255 e. The Morgan fingerprint density at radius 3 is 2.71 bits per heavy atom. The number of aryl methyl sites for hydroxylation is 2. The molecule has 2 amide bonds. The third-order valence-corrected chi connectivity index (χ3v) is 6.91. The molecule has 0 aromatic heterocycles. The van der Waals surface area contributed by atoms with Crippen LogP contribution in [0.25, 0.3) is 0 Å². The first kappa shape index (κ1) is 21.5. The molecule has 0 radical (unpaired) electrons. The third-order valence-electron chi connectivity index (χ3n) is 6.02. The SMILES string of the molecule is C=C1CCC(N2Cc3cc(CCC(=O)Cc4ccc(Br)c(C)c4)ccc3C2=O)C(=O)N1. The molecule has 5 nitrogen and oxygen atoms in total. The van der Waals surface area contributed by atoms with Crippen LogP contribution in [-0.2, 0) is 29.0 Å². The Kier molecular flexibility index (Phi) is 6.10. The minimum absolute atomic E-state index is 0.101. The van der Waals surface area contributed by atoms with Gasteiger partial charge in [-0.25, -0.2) is 0 Å². The van der Waals surface area contributed by atoms with Gasteiger partial charge >= 0.3 is 0 Å². The van der Waals surface area contributed by atoms with E-state index in [-0.39, 0.29) is 17.6 Å². The lowest BCUT2D eigenvalue weighted by molar-refractivity contribution is -0.126. The van der Waals surface area contributed by atoms with Crippen LogP contribution in [0.2, 0.25) is 0 Å². The molecule has 160 valence electrons. The molecule has 2 aliphatic rings. The first-order chi connectivity index (χ1) is 14.8. The van der Waals surface area contributed by atoms with Crippen molar-refractivity contribution < 1.29 is 14.4 Å². The van der Waals surface area contributed by atoms with Gasteiger partial charge in [-0.3, -0.25) is 14.4 Å². The lowest BCUT2D eigenvalue weighted by Crippen LogP contribution is -2.49. The van der Waals surface area contributed by atoms with E-state index in [1.165, 1.54) is 0 Å². The standard InChI is InChI=1S/C25H25BrN2O3/c1-15-11-18(6-9-22(15)26)13-20(29)7-4-17-5-8-21-19(12-17)14-28(25(21)31)23-10-3-16(2)27-24(23)30/h5-6,8-9,11-12,23H,2-4,7,10,13-14H2,1H3,(H,27,30). The van der Waals surface area contributed by atoms with E-state index in [1.807, 2.05) is 43.3 Å². The molecule has 1 atom stereocenters. The maximum Gasteiger partial charge on any atom is 0.255 e. The predicted molar refractivity (Wildman–Crippen MR) is 123 cm³/mol. The van der Waals surface area contributed by atoms with Crippen LogP contribution >= 0.6 is 15.9 Å². The molecule has 1 unspecified atom stereocenters. The highest BCUT2D eigenvalue weighted by molar-refractivity contribution is 9.10. The number of piperidine rings is 1. The average Bonchev–Trinajstić information content (AvgIpc) is 3.05. The van der Waals surface area contributed by atoms with Crippen LogP contribution in [0.3, 0.4) is 0 Å². The van der Waals surface area contributed by atoms with E-state index < -0.39 is 6.04 Å². The molecule has 4 rings (SSSR count). The molecule has 0 aliphatic carbocycles. The number of halogens is 1. The second-order valence-corrected chi connectivity index (χ2v) is 9.23. The van der Waals surface area contributed by atoms with Crippen molar-refractivity contribution >= 4 is 33.5 Å². The van der Waals surface area contributed by atoms with Crippen LogP contribution in [0, 0.1) is 6.92 Å². The summed E-state index contributed by atoms with van der Waals surface area (Å²) in [6.45, 7) is 6.24. The second-order valence-electron chi connectivity index (χ2n) is 8.37. The van der Waals surface area contributed by atoms with Crippen molar-refractivity contribution in [2.24, 2.45) is 0 Å². The molecule has 2 aromatic carbocycles. The molecule has 6 heteroatoms. The third kappa shape index (κ3) is 4.64. The molecule has 2 aromatic rings. The number of Topliss-reactive ketones (excluding diaryl/α,β-unsaturated/α-hetero) is 1. The Labute approximate surface area is 190 Å². The average molecular weight is 481 g/mol. The second kappa shape index (κ2) is 8.79. The van der Waals surface area contributed by atoms with Crippen LogP contribution in [0.4, 0.5) is 0 Å². The zero-order valence-corrected chi connectivity index (χ0v) is 19.1. The molecule has 2 heterocycles. The summed E-state index contributed by atoms with van der Waals surface area (Å²) in [6, 6.07) is 11.3. The molecular weight excluding hydrogens is 456 g/mol. The summed E-state index contributed by atoms with van der Waals surface area (Å²) in [5.41, 5.74) is 5.46. The van der Waals surface area contributed by atoms with Gasteiger partial charge in [0, 0.05) is 35.1 Å². The van der Waals surface area contributed by atoms with Crippen LogP contribution < -0.4 is 5.32 Å². The monoisotopic (exact) mass is 480 g/mol. The number of amides is 2. The van der Waals surface area contributed by atoms with E-state index in [2.05, 4.69) is 27.8 Å². The van der Waals surface area contributed by atoms with Gasteiger partial charge in [-0.2, -0.15) is 0 Å². The molecule has 31 heavy (non-hydrogen) atoms. The molecule has 1 saturated heterocycles. The Morgan fingerprint density at radius 2 is 1.97 bits per heavy atom. The Bertz CT molecular complexity index is 1090. The zero-order chi connectivity index (χ0) is 22.1. The summed E-state index contributed by atoms with van der Waals surface area (Å²) in [4.78, 5) is 39.3. The van der Waals surface area contributed by atoms with Crippen molar-refractivity contribution in [3.63, 3.8) is 0 Å². The normalized spacial score (nSPS) is 18.2. The molecule has 0 bridgehead atoms. The number of ketones is 1. The number of hydrogen-bond donors (Lipinski definition) is 1. The maximum atomic E-state index is 12.8. The van der Waals surface area contributed by atoms with Crippen LogP contribution in [-0.4, -0.2) is 28.5 Å². The molecule has 0 saturated carbocycles. The lowest BCUT2D eigenvalue weighted by atomic mass is 9.99. The highest BCUT2D eigenvalue weighted by atomic mass is 79.9. The van der Waals surface area contributed by atoms with Crippen molar-refractivity contribution in [2.45, 2.75) is 51.6 Å². The van der Waals surface area contributed by atoms with E-state index in [1.54, 1.807) is 4.90 Å². The Hall–Kier alpha value is -2.73. The van der Waals surface area contributed by atoms with Crippen molar-refractivity contribution in [2.75, 3.05) is 0 Å². The number of carbonyl (C=O) groups is 3. The van der Waals surface area contributed by atoms with Crippen LogP contribution in [0.1, 0.15) is 51.9 Å². The van der Waals surface area contributed by atoms with Gasteiger partial charge in [-0.05, 0) is 60.6 Å². The fraction of sp³-hybridized carbons (Fsp3) is 0.320. The quantitative estimate of drug-likeness (QED) is 0.671. The largest absolute Gasteiger partial charge is 0.329 e.